The van der Waals surface area contributed by atoms with E-state index < -0.39 is 6.10 Å². The van der Waals surface area contributed by atoms with Crippen molar-refractivity contribution in [2.75, 3.05) is 13.2 Å². The number of ether oxygens (including phenoxy) is 2. The highest BCUT2D eigenvalue weighted by Crippen LogP contribution is 2.14. The summed E-state index contributed by atoms with van der Waals surface area (Å²) in [6.45, 7) is 4.21. The molecule has 5 heteroatoms. The van der Waals surface area contributed by atoms with Gasteiger partial charge in [-0.3, -0.25) is 9.59 Å². The number of hydrogen-bond acceptors (Lipinski definition) is 5. The van der Waals surface area contributed by atoms with Crippen LogP contribution >= 0.6 is 0 Å². The van der Waals surface area contributed by atoms with Crippen molar-refractivity contribution >= 4 is 11.9 Å². The summed E-state index contributed by atoms with van der Waals surface area (Å²) >= 11 is 0. The molecule has 0 saturated heterocycles. The lowest BCUT2D eigenvalue weighted by molar-refractivity contribution is -0.152. The zero-order valence-electron chi connectivity index (χ0n) is 24.7. The first-order valence-corrected chi connectivity index (χ1v) is 16.1. The van der Waals surface area contributed by atoms with Crippen molar-refractivity contribution in [2.24, 2.45) is 0 Å². The van der Waals surface area contributed by atoms with Crippen molar-refractivity contribution < 1.29 is 24.2 Å². The largest absolute Gasteiger partial charge is 0.463 e. The van der Waals surface area contributed by atoms with E-state index in [9.17, 15) is 14.7 Å². The van der Waals surface area contributed by atoms with Crippen LogP contribution in [0.2, 0.25) is 0 Å². The molecule has 0 bridgehead atoms. The number of aliphatic hydroxyl groups is 1. The van der Waals surface area contributed by atoms with Crippen LogP contribution in [0, 0.1) is 0 Å². The summed E-state index contributed by atoms with van der Waals surface area (Å²) in [4.78, 5) is 23.5. The molecular weight excluding hydrogens is 464 g/mol. The van der Waals surface area contributed by atoms with Gasteiger partial charge in [-0.25, -0.2) is 0 Å². The Morgan fingerprint density at radius 1 is 0.459 bits per heavy atom. The van der Waals surface area contributed by atoms with Gasteiger partial charge in [0.05, 0.1) is 0 Å². The van der Waals surface area contributed by atoms with Crippen LogP contribution in [-0.2, 0) is 19.1 Å². The van der Waals surface area contributed by atoms with Gasteiger partial charge >= 0.3 is 11.9 Å². The van der Waals surface area contributed by atoms with E-state index in [-0.39, 0.29) is 25.2 Å². The third-order valence-electron chi connectivity index (χ3n) is 7.09. The van der Waals surface area contributed by atoms with Crippen LogP contribution in [0.25, 0.3) is 0 Å². The van der Waals surface area contributed by atoms with Gasteiger partial charge in [-0.1, -0.05) is 149 Å². The Morgan fingerprint density at radius 3 is 0.973 bits per heavy atom. The van der Waals surface area contributed by atoms with Crippen LogP contribution < -0.4 is 0 Å². The maximum Gasteiger partial charge on any atom is 0.305 e. The van der Waals surface area contributed by atoms with Crippen molar-refractivity contribution in [3.05, 3.63) is 0 Å². The first-order chi connectivity index (χ1) is 18.1. The molecule has 5 nitrogen and oxygen atoms in total. The van der Waals surface area contributed by atoms with Crippen LogP contribution in [0.15, 0.2) is 0 Å². The van der Waals surface area contributed by atoms with Gasteiger partial charge in [-0.15, -0.1) is 0 Å². The second kappa shape index (κ2) is 29.5. The van der Waals surface area contributed by atoms with Gasteiger partial charge in [-0.2, -0.15) is 0 Å². The molecule has 0 radical (unpaired) electrons. The molecule has 0 aromatic carbocycles. The predicted octanol–water partition coefficient (Wildman–Crippen LogP) is 9.23. The molecule has 0 rings (SSSR count). The number of carbonyl (C=O) groups is 2. The fraction of sp³-hybridized carbons (Fsp3) is 0.938. The zero-order chi connectivity index (χ0) is 27.2. The van der Waals surface area contributed by atoms with Crippen LogP contribution in [0.3, 0.4) is 0 Å². The number of unbranched alkanes of at least 4 members (excludes halogenated alkanes) is 21. The monoisotopic (exact) mass is 526 g/mol. The summed E-state index contributed by atoms with van der Waals surface area (Å²) in [6.07, 6.45) is 29.0. The third-order valence-corrected chi connectivity index (χ3v) is 7.09. The van der Waals surface area contributed by atoms with Gasteiger partial charge in [0.2, 0.25) is 0 Å². The summed E-state index contributed by atoms with van der Waals surface area (Å²) in [5.41, 5.74) is 0. The minimum absolute atomic E-state index is 0.109. The average Bonchev–Trinajstić information content (AvgIpc) is 2.90. The standard InChI is InChI=1S/C32H62O5/c1-3-5-7-9-10-11-12-13-14-15-16-17-18-19-20-21-23-25-27-32(35)37-29-30(33)28-36-31(34)26-24-22-8-6-4-2/h30,33H,3-29H2,1-2H3/t30-/m1/s1. The van der Waals surface area contributed by atoms with Gasteiger partial charge in [0.25, 0.3) is 0 Å². The predicted molar refractivity (Wildman–Crippen MR) is 155 cm³/mol. The molecule has 1 atom stereocenters. The molecule has 220 valence electrons. The third kappa shape index (κ3) is 29.3. The maximum atomic E-state index is 11.8. The smallest absolute Gasteiger partial charge is 0.305 e. The Hall–Kier alpha value is -1.10. The number of aliphatic hydroxyl groups excluding tert-OH is 1. The minimum Gasteiger partial charge on any atom is -0.463 e. The molecule has 37 heavy (non-hydrogen) atoms. The van der Waals surface area contributed by atoms with E-state index in [2.05, 4.69) is 13.8 Å². The zero-order valence-corrected chi connectivity index (χ0v) is 24.7. The molecule has 0 aliphatic heterocycles. The van der Waals surface area contributed by atoms with Crippen molar-refractivity contribution in [2.45, 2.75) is 180 Å². The molecule has 0 fully saturated rings. The Balaban J connectivity index is 3.33. The second-order valence-corrected chi connectivity index (χ2v) is 10.9. The van der Waals surface area contributed by atoms with Crippen molar-refractivity contribution in [1.29, 1.82) is 0 Å². The van der Waals surface area contributed by atoms with E-state index in [1.54, 1.807) is 0 Å². The first kappa shape index (κ1) is 35.9. The summed E-state index contributed by atoms with van der Waals surface area (Å²) in [5.74, 6) is -0.571. The van der Waals surface area contributed by atoms with Crippen molar-refractivity contribution in [3.8, 4) is 0 Å². The molecule has 0 aromatic heterocycles. The van der Waals surface area contributed by atoms with E-state index in [0.29, 0.717) is 12.8 Å². The lowest BCUT2D eigenvalue weighted by Gasteiger charge is -2.12. The van der Waals surface area contributed by atoms with E-state index >= 15 is 0 Å². The molecular formula is C32H62O5. The van der Waals surface area contributed by atoms with Crippen molar-refractivity contribution in [3.63, 3.8) is 0 Å². The Kier molecular flexibility index (Phi) is 28.6. The van der Waals surface area contributed by atoms with Gasteiger partial charge in [0.15, 0.2) is 0 Å². The molecule has 0 heterocycles. The average molecular weight is 527 g/mol. The molecule has 0 unspecified atom stereocenters. The van der Waals surface area contributed by atoms with Crippen LogP contribution in [0.5, 0.6) is 0 Å². The number of esters is 2. The summed E-state index contributed by atoms with van der Waals surface area (Å²) in [6, 6.07) is 0. The van der Waals surface area contributed by atoms with E-state index in [1.165, 1.54) is 116 Å². The van der Waals surface area contributed by atoms with Gasteiger partial charge in [0.1, 0.15) is 19.3 Å². The topological polar surface area (TPSA) is 72.8 Å². The van der Waals surface area contributed by atoms with Crippen LogP contribution in [0.4, 0.5) is 0 Å². The highest BCUT2D eigenvalue weighted by atomic mass is 16.6. The first-order valence-electron chi connectivity index (χ1n) is 16.1. The Bertz CT molecular complexity index is 494. The van der Waals surface area contributed by atoms with Crippen LogP contribution in [0.1, 0.15) is 174 Å². The van der Waals surface area contributed by atoms with Crippen LogP contribution in [-0.4, -0.2) is 36.4 Å². The fourth-order valence-electron chi connectivity index (χ4n) is 4.61. The molecule has 0 aliphatic rings. The number of rotatable bonds is 29. The molecule has 0 aliphatic carbocycles. The number of hydrogen-bond donors (Lipinski definition) is 1. The SMILES string of the molecule is CCCCCCCCCCCCCCCCCCCCC(=O)OC[C@H](O)COC(=O)CCCCCCC. The maximum absolute atomic E-state index is 11.8. The van der Waals surface area contributed by atoms with Gasteiger partial charge in [-0.05, 0) is 12.8 Å². The molecule has 0 amide bonds. The molecule has 1 N–H and O–H groups in total. The number of carbonyl (C=O) groups excluding carboxylic acids is 2. The highest BCUT2D eigenvalue weighted by molar-refractivity contribution is 5.69. The Labute approximate surface area is 229 Å². The Morgan fingerprint density at radius 2 is 0.703 bits per heavy atom. The molecule has 0 aromatic rings. The molecule has 0 spiro atoms. The molecule has 0 saturated carbocycles. The van der Waals surface area contributed by atoms with E-state index in [0.717, 1.165) is 32.1 Å². The second-order valence-electron chi connectivity index (χ2n) is 10.9. The fourth-order valence-corrected chi connectivity index (χ4v) is 4.61. The normalized spacial score (nSPS) is 12.0. The van der Waals surface area contributed by atoms with Crippen molar-refractivity contribution in [1.82, 2.24) is 0 Å². The summed E-state index contributed by atoms with van der Waals surface area (Å²) in [5, 5.41) is 9.86. The quantitative estimate of drug-likeness (QED) is 0.0776. The minimum atomic E-state index is -0.951. The van der Waals surface area contributed by atoms with E-state index in [4.69, 9.17) is 9.47 Å². The summed E-state index contributed by atoms with van der Waals surface area (Å²) < 4.78 is 10.2. The van der Waals surface area contributed by atoms with Gasteiger partial charge in [0, 0.05) is 12.8 Å². The highest BCUT2D eigenvalue weighted by Gasteiger charge is 2.12. The lowest BCUT2D eigenvalue weighted by Crippen LogP contribution is -2.25. The van der Waals surface area contributed by atoms with E-state index in [1.807, 2.05) is 0 Å². The lowest BCUT2D eigenvalue weighted by atomic mass is 10.0. The van der Waals surface area contributed by atoms with Gasteiger partial charge < -0.3 is 14.6 Å². The summed E-state index contributed by atoms with van der Waals surface area (Å²) in [7, 11) is 0.